The van der Waals surface area contributed by atoms with Crippen LogP contribution in [0.15, 0.2) is 23.1 Å². The van der Waals surface area contributed by atoms with E-state index in [9.17, 15) is 8.42 Å². The average Bonchev–Trinajstić information content (AvgIpc) is 2.47. The van der Waals surface area contributed by atoms with Crippen LogP contribution in [0.25, 0.3) is 0 Å². The zero-order chi connectivity index (χ0) is 15.6. The largest absolute Gasteiger partial charge is 0.397 e. The van der Waals surface area contributed by atoms with E-state index >= 15 is 0 Å². The first-order valence-electron chi connectivity index (χ1n) is 6.96. The predicted octanol–water partition coefficient (Wildman–Crippen LogP) is 1.13. The number of nitrogen functional groups attached to an aromatic ring is 1. The van der Waals surface area contributed by atoms with E-state index in [1.807, 2.05) is 0 Å². The first kappa shape index (κ1) is 16.1. The Morgan fingerprint density at radius 1 is 1.38 bits per heavy atom. The molecule has 1 atom stereocenters. The number of hydrogen-bond donors (Lipinski definition) is 1. The first-order valence-corrected chi connectivity index (χ1v) is 8.40. The zero-order valence-electron chi connectivity index (χ0n) is 12.7. The molecule has 0 bridgehead atoms. The molecule has 1 aromatic rings. The second-order valence-corrected chi connectivity index (χ2v) is 7.61. The van der Waals surface area contributed by atoms with Crippen LogP contribution >= 0.6 is 0 Å². The molecule has 0 aromatic heterocycles. The van der Waals surface area contributed by atoms with Gasteiger partial charge in [-0.2, -0.15) is 0 Å². The van der Waals surface area contributed by atoms with Gasteiger partial charge in [0.1, 0.15) is 0 Å². The van der Waals surface area contributed by atoms with Crippen LogP contribution in [-0.2, 0) is 14.8 Å². The second kappa shape index (κ2) is 6.21. The number of piperidine rings is 1. The fraction of sp³-hybridized carbons (Fsp3) is 0.571. The van der Waals surface area contributed by atoms with Gasteiger partial charge in [-0.3, -0.25) is 0 Å². The third-order valence-electron chi connectivity index (χ3n) is 3.83. The van der Waals surface area contributed by atoms with Gasteiger partial charge in [-0.1, -0.05) is 0 Å². The van der Waals surface area contributed by atoms with Crippen LogP contribution in [0.2, 0.25) is 0 Å². The molecule has 2 rings (SSSR count). The maximum absolute atomic E-state index is 12.2. The van der Waals surface area contributed by atoms with E-state index in [1.165, 1.54) is 18.4 Å². The lowest BCUT2D eigenvalue weighted by Gasteiger charge is -2.34. The number of rotatable bonds is 4. The molecule has 1 aromatic carbocycles. The molecule has 21 heavy (non-hydrogen) atoms. The Labute approximate surface area is 126 Å². The van der Waals surface area contributed by atoms with Crippen molar-refractivity contribution in [2.24, 2.45) is 0 Å². The van der Waals surface area contributed by atoms with Crippen molar-refractivity contribution >= 4 is 21.4 Å². The summed E-state index contributed by atoms with van der Waals surface area (Å²) in [5.41, 5.74) is 7.39. The summed E-state index contributed by atoms with van der Waals surface area (Å²) in [6.45, 7) is 1.59. The fourth-order valence-electron chi connectivity index (χ4n) is 2.52. The lowest BCUT2D eigenvalue weighted by molar-refractivity contribution is 0.0894. The predicted molar refractivity (Wildman–Crippen MR) is 84.0 cm³/mol. The molecule has 1 aliphatic heterocycles. The highest BCUT2D eigenvalue weighted by Crippen LogP contribution is 2.30. The van der Waals surface area contributed by atoms with E-state index in [4.69, 9.17) is 10.5 Å². The molecule has 7 heteroatoms. The van der Waals surface area contributed by atoms with Gasteiger partial charge in [-0.25, -0.2) is 12.7 Å². The highest BCUT2D eigenvalue weighted by molar-refractivity contribution is 7.89. The number of benzene rings is 1. The number of nitrogens with two attached hydrogens (primary N) is 1. The van der Waals surface area contributed by atoms with Crippen LogP contribution in [0.5, 0.6) is 0 Å². The van der Waals surface area contributed by atoms with Crippen LogP contribution in [0.4, 0.5) is 11.4 Å². The smallest absolute Gasteiger partial charge is 0.242 e. The second-order valence-electron chi connectivity index (χ2n) is 5.45. The number of hydrogen-bond acceptors (Lipinski definition) is 5. The third-order valence-corrected chi connectivity index (χ3v) is 5.64. The van der Waals surface area contributed by atoms with E-state index in [2.05, 4.69) is 4.90 Å². The number of methoxy groups -OCH3 is 1. The van der Waals surface area contributed by atoms with Crippen molar-refractivity contribution < 1.29 is 13.2 Å². The Morgan fingerprint density at radius 2 is 2.10 bits per heavy atom. The zero-order valence-corrected chi connectivity index (χ0v) is 13.6. The molecule has 0 spiro atoms. The molecule has 2 N–H and O–H groups in total. The summed E-state index contributed by atoms with van der Waals surface area (Å²) in [6.07, 6.45) is 2.18. The maximum Gasteiger partial charge on any atom is 0.242 e. The average molecular weight is 313 g/mol. The summed E-state index contributed by atoms with van der Waals surface area (Å²) in [4.78, 5) is 2.36. The van der Waals surface area contributed by atoms with Crippen molar-refractivity contribution in [3.05, 3.63) is 18.2 Å². The number of nitrogens with zero attached hydrogens (tertiary/aromatic N) is 2. The summed E-state index contributed by atoms with van der Waals surface area (Å²) in [5, 5.41) is 0. The van der Waals surface area contributed by atoms with Crippen molar-refractivity contribution in [1.82, 2.24) is 4.31 Å². The molecule has 1 saturated heterocycles. The molecule has 1 unspecified atom stereocenters. The molecular weight excluding hydrogens is 290 g/mol. The van der Waals surface area contributed by atoms with E-state index in [0.29, 0.717) is 5.69 Å². The molecule has 1 fully saturated rings. The van der Waals surface area contributed by atoms with Crippen molar-refractivity contribution in [3.63, 3.8) is 0 Å². The summed E-state index contributed by atoms with van der Waals surface area (Å²) in [6, 6.07) is 4.86. The van der Waals surface area contributed by atoms with Crippen molar-refractivity contribution in [2.75, 3.05) is 44.9 Å². The van der Waals surface area contributed by atoms with Crippen molar-refractivity contribution in [2.45, 2.75) is 23.8 Å². The van der Waals surface area contributed by atoms with Gasteiger partial charge in [0, 0.05) is 34.3 Å². The molecule has 118 valence electrons. The monoisotopic (exact) mass is 313 g/mol. The molecule has 0 aliphatic carbocycles. The summed E-state index contributed by atoms with van der Waals surface area (Å²) in [7, 11) is 1.29. The minimum absolute atomic E-state index is 0.160. The number of ether oxygens (including phenoxy) is 1. The van der Waals surface area contributed by atoms with Crippen LogP contribution in [0.1, 0.15) is 12.8 Å². The van der Waals surface area contributed by atoms with Crippen LogP contribution in [0.3, 0.4) is 0 Å². The molecule has 0 amide bonds. The minimum atomic E-state index is -3.45. The molecule has 1 heterocycles. The molecule has 0 radical (unpaired) electrons. The van der Waals surface area contributed by atoms with E-state index < -0.39 is 10.0 Å². The van der Waals surface area contributed by atoms with Crippen molar-refractivity contribution in [1.29, 1.82) is 0 Å². The maximum atomic E-state index is 12.2. The van der Waals surface area contributed by atoms with Crippen LogP contribution < -0.4 is 10.6 Å². The van der Waals surface area contributed by atoms with Gasteiger partial charge in [0.05, 0.1) is 22.4 Å². The Hall–Kier alpha value is -1.31. The number of anilines is 2. The highest BCUT2D eigenvalue weighted by Gasteiger charge is 2.24. The van der Waals surface area contributed by atoms with Gasteiger partial charge in [0.15, 0.2) is 0 Å². The summed E-state index contributed by atoms with van der Waals surface area (Å²) in [5.74, 6) is 0. The topological polar surface area (TPSA) is 75.9 Å². The minimum Gasteiger partial charge on any atom is -0.397 e. The number of sulfonamides is 1. The van der Waals surface area contributed by atoms with E-state index in [0.717, 1.165) is 31.6 Å². The SMILES string of the molecule is COC1CCCN(c2cc(S(=O)(=O)N(C)C)ccc2N)C1. The quantitative estimate of drug-likeness (QED) is 0.844. The standard InChI is InChI=1S/C14H23N3O3S/c1-16(2)21(18,19)12-6-7-13(15)14(9-12)17-8-4-5-11(10-17)20-3/h6-7,9,11H,4-5,8,10,15H2,1-3H3. The molecule has 6 nitrogen and oxygen atoms in total. The third kappa shape index (κ3) is 3.30. The molecular formula is C14H23N3O3S. The normalized spacial score (nSPS) is 20.0. The van der Waals surface area contributed by atoms with Crippen LogP contribution in [0, 0.1) is 0 Å². The van der Waals surface area contributed by atoms with Gasteiger partial charge in [-0.05, 0) is 31.0 Å². The van der Waals surface area contributed by atoms with E-state index in [1.54, 1.807) is 25.3 Å². The van der Waals surface area contributed by atoms with E-state index in [-0.39, 0.29) is 11.0 Å². The summed E-state index contributed by atoms with van der Waals surface area (Å²) < 4.78 is 31.1. The van der Waals surface area contributed by atoms with Crippen LogP contribution in [-0.4, -0.2) is 53.1 Å². The summed E-state index contributed by atoms with van der Waals surface area (Å²) >= 11 is 0. The lowest BCUT2D eigenvalue weighted by Crippen LogP contribution is -2.39. The first-order chi connectivity index (χ1) is 9.86. The Kier molecular flexibility index (Phi) is 4.75. The van der Waals surface area contributed by atoms with Crippen molar-refractivity contribution in [3.8, 4) is 0 Å². The molecule has 1 aliphatic rings. The van der Waals surface area contributed by atoms with Gasteiger partial charge in [0.2, 0.25) is 10.0 Å². The van der Waals surface area contributed by atoms with Gasteiger partial charge in [-0.15, -0.1) is 0 Å². The fourth-order valence-corrected chi connectivity index (χ4v) is 3.44. The lowest BCUT2D eigenvalue weighted by atomic mass is 10.1. The Bertz CT molecular complexity index is 601. The van der Waals surface area contributed by atoms with Gasteiger partial charge < -0.3 is 15.4 Å². The Balaban J connectivity index is 2.36. The molecule has 0 saturated carbocycles. The van der Waals surface area contributed by atoms with Gasteiger partial charge >= 0.3 is 0 Å². The highest BCUT2D eigenvalue weighted by atomic mass is 32.2. The Morgan fingerprint density at radius 3 is 2.71 bits per heavy atom. The van der Waals surface area contributed by atoms with Gasteiger partial charge in [0.25, 0.3) is 0 Å².